The molecule has 0 unspecified atom stereocenters. The van der Waals surface area contributed by atoms with E-state index >= 15 is 0 Å². The maximum atomic E-state index is 11.9. The molecule has 0 aromatic rings. The van der Waals surface area contributed by atoms with Gasteiger partial charge in [0.25, 0.3) is 0 Å². The second-order valence-corrected chi connectivity index (χ2v) is 5.91. The second kappa shape index (κ2) is 5.35. The van der Waals surface area contributed by atoms with Gasteiger partial charge in [0.1, 0.15) is 0 Å². The lowest BCUT2D eigenvalue weighted by Crippen LogP contribution is -2.38. The third-order valence-corrected chi connectivity index (χ3v) is 1.85. The van der Waals surface area contributed by atoms with E-state index in [9.17, 15) is 4.79 Å². The van der Waals surface area contributed by atoms with E-state index in [0.717, 1.165) is 5.57 Å². The SMILES string of the molecule is C=CCN(C=C(C)C)C(=O)C(C)(C)Br. The van der Waals surface area contributed by atoms with E-state index in [2.05, 4.69) is 22.5 Å². The van der Waals surface area contributed by atoms with Gasteiger partial charge in [0.05, 0.1) is 4.32 Å². The Labute approximate surface area is 94.8 Å². The molecule has 0 atom stereocenters. The number of halogens is 1. The average Bonchev–Trinajstić information content (AvgIpc) is 2.00. The highest BCUT2D eigenvalue weighted by atomic mass is 79.9. The van der Waals surface area contributed by atoms with Gasteiger partial charge in [0.2, 0.25) is 5.91 Å². The van der Waals surface area contributed by atoms with Crippen LogP contribution < -0.4 is 0 Å². The van der Waals surface area contributed by atoms with Crippen LogP contribution in [0.1, 0.15) is 27.7 Å². The van der Waals surface area contributed by atoms with Crippen molar-refractivity contribution in [3.63, 3.8) is 0 Å². The normalized spacial score (nSPS) is 10.6. The number of carbonyl (C=O) groups is 1. The van der Waals surface area contributed by atoms with Crippen molar-refractivity contribution in [1.82, 2.24) is 4.90 Å². The summed E-state index contributed by atoms with van der Waals surface area (Å²) in [4.78, 5) is 13.5. The number of hydrogen-bond donors (Lipinski definition) is 0. The Hall–Kier alpha value is -0.570. The first-order chi connectivity index (χ1) is 6.29. The first-order valence-corrected chi connectivity index (χ1v) is 5.34. The van der Waals surface area contributed by atoms with Crippen LogP contribution in [0.5, 0.6) is 0 Å². The predicted octanol–water partition coefficient (Wildman–Crippen LogP) is 3.10. The largest absolute Gasteiger partial charge is 0.314 e. The van der Waals surface area contributed by atoms with E-state index in [1.165, 1.54) is 0 Å². The summed E-state index contributed by atoms with van der Waals surface area (Å²) in [6.07, 6.45) is 3.56. The van der Waals surface area contributed by atoms with Crippen molar-refractivity contribution in [2.45, 2.75) is 32.0 Å². The maximum Gasteiger partial charge on any atom is 0.243 e. The Kier molecular flexibility index (Phi) is 5.13. The summed E-state index contributed by atoms with van der Waals surface area (Å²) in [5.74, 6) is 0.0404. The molecule has 0 heterocycles. The fourth-order valence-corrected chi connectivity index (χ4v) is 1.21. The topological polar surface area (TPSA) is 20.3 Å². The molecule has 14 heavy (non-hydrogen) atoms. The molecule has 1 amide bonds. The van der Waals surface area contributed by atoms with Gasteiger partial charge in [0.15, 0.2) is 0 Å². The van der Waals surface area contributed by atoms with Crippen molar-refractivity contribution in [3.05, 3.63) is 24.4 Å². The van der Waals surface area contributed by atoms with Crippen LogP contribution in [0.3, 0.4) is 0 Å². The molecule has 0 N–H and O–H groups in total. The van der Waals surface area contributed by atoms with Gasteiger partial charge in [-0.15, -0.1) is 6.58 Å². The van der Waals surface area contributed by atoms with Gasteiger partial charge in [-0.25, -0.2) is 0 Å². The Morgan fingerprint density at radius 1 is 1.50 bits per heavy atom. The molecule has 3 heteroatoms. The molecule has 0 aliphatic heterocycles. The van der Waals surface area contributed by atoms with E-state index in [0.29, 0.717) is 6.54 Å². The Morgan fingerprint density at radius 2 is 2.00 bits per heavy atom. The van der Waals surface area contributed by atoms with Crippen LogP contribution in [0, 0.1) is 0 Å². The average molecular weight is 260 g/mol. The van der Waals surface area contributed by atoms with Crippen LogP contribution in [0.15, 0.2) is 24.4 Å². The van der Waals surface area contributed by atoms with Crippen molar-refractivity contribution in [2.24, 2.45) is 0 Å². The van der Waals surface area contributed by atoms with Crippen LogP contribution in [-0.4, -0.2) is 21.7 Å². The summed E-state index contributed by atoms with van der Waals surface area (Å²) in [5, 5.41) is 0. The van der Waals surface area contributed by atoms with E-state index in [4.69, 9.17) is 0 Å². The minimum Gasteiger partial charge on any atom is -0.314 e. The number of hydrogen-bond acceptors (Lipinski definition) is 1. The monoisotopic (exact) mass is 259 g/mol. The molecule has 0 aromatic carbocycles. The molecule has 0 aliphatic carbocycles. The highest BCUT2D eigenvalue weighted by Crippen LogP contribution is 2.19. The number of alkyl halides is 1. The molecule has 0 saturated carbocycles. The lowest BCUT2D eigenvalue weighted by atomic mass is 10.2. The molecule has 0 bridgehead atoms. The van der Waals surface area contributed by atoms with E-state index in [-0.39, 0.29) is 5.91 Å². The van der Waals surface area contributed by atoms with Crippen LogP contribution in [0.25, 0.3) is 0 Å². The highest BCUT2D eigenvalue weighted by molar-refractivity contribution is 9.10. The van der Waals surface area contributed by atoms with Crippen molar-refractivity contribution in [3.8, 4) is 0 Å². The van der Waals surface area contributed by atoms with Crippen LogP contribution >= 0.6 is 15.9 Å². The molecular weight excluding hydrogens is 242 g/mol. The summed E-state index contributed by atoms with van der Waals surface area (Å²) in [6, 6.07) is 0. The van der Waals surface area contributed by atoms with Crippen molar-refractivity contribution in [1.29, 1.82) is 0 Å². The zero-order chi connectivity index (χ0) is 11.4. The van der Waals surface area contributed by atoms with Crippen molar-refractivity contribution < 1.29 is 4.79 Å². The van der Waals surface area contributed by atoms with Gasteiger partial charge in [-0.1, -0.05) is 27.6 Å². The molecule has 0 radical (unpaired) electrons. The lowest BCUT2D eigenvalue weighted by molar-refractivity contribution is -0.129. The third-order valence-electron chi connectivity index (χ3n) is 1.51. The minimum absolute atomic E-state index is 0.0404. The third kappa shape index (κ3) is 4.61. The fourth-order valence-electron chi connectivity index (χ4n) is 0.986. The van der Waals surface area contributed by atoms with Crippen LogP contribution in [0.2, 0.25) is 0 Å². The molecular formula is C11H18BrNO. The quantitative estimate of drug-likeness (QED) is 0.562. The summed E-state index contributed by atoms with van der Waals surface area (Å²) >= 11 is 3.35. The standard InChI is InChI=1S/C11H18BrNO/c1-6-7-13(8-9(2)3)10(14)11(4,5)12/h6,8H,1,7H2,2-5H3. The maximum absolute atomic E-state index is 11.9. The molecule has 80 valence electrons. The molecule has 0 rings (SSSR count). The first-order valence-electron chi connectivity index (χ1n) is 4.55. The van der Waals surface area contributed by atoms with E-state index < -0.39 is 4.32 Å². The molecule has 0 aromatic heterocycles. The van der Waals surface area contributed by atoms with Gasteiger partial charge < -0.3 is 4.90 Å². The molecule has 0 aliphatic rings. The minimum atomic E-state index is -0.526. The summed E-state index contributed by atoms with van der Waals surface area (Å²) < 4.78 is -0.526. The smallest absolute Gasteiger partial charge is 0.243 e. The molecule has 2 nitrogen and oxygen atoms in total. The number of amides is 1. The van der Waals surface area contributed by atoms with Crippen molar-refractivity contribution in [2.75, 3.05) is 6.54 Å². The number of nitrogens with zero attached hydrogens (tertiary/aromatic N) is 1. The Bertz CT molecular complexity index is 247. The van der Waals surface area contributed by atoms with Gasteiger partial charge in [-0.2, -0.15) is 0 Å². The van der Waals surface area contributed by atoms with Gasteiger partial charge in [-0.05, 0) is 27.7 Å². The molecule has 0 spiro atoms. The number of carbonyl (C=O) groups excluding carboxylic acids is 1. The lowest BCUT2D eigenvalue weighted by Gasteiger charge is -2.24. The zero-order valence-electron chi connectivity index (χ0n) is 9.30. The summed E-state index contributed by atoms with van der Waals surface area (Å²) in [7, 11) is 0. The van der Waals surface area contributed by atoms with Crippen molar-refractivity contribution >= 4 is 21.8 Å². The highest BCUT2D eigenvalue weighted by Gasteiger charge is 2.27. The predicted molar refractivity (Wildman–Crippen MR) is 64.3 cm³/mol. The van der Waals surface area contributed by atoms with Crippen LogP contribution in [-0.2, 0) is 4.79 Å². The van der Waals surface area contributed by atoms with E-state index in [1.54, 1.807) is 11.0 Å². The van der Waals surface area contributed by atoms with E-state index in [1.807, 2.05) is 33.9 Å². The summed E-state index contributed by atoms with van der Waals surface area (Å²) in [6.45, 7) is 11.8. The first kappa shape index (κ1) is 13.4. The van der Waals surface area contributed by atoms with Gasteiger partial charge in [-0.3, -0.25) is 4.79 Å². The molecule has 0 fully saturated rings. The zero-order valence-corrected chi connectivity index (χ0v) is 10.9. The summed E-state index contributed by atoms with van der Waals surface area (Å²) in [5.41, 5.74) is 1.09. The Balaban J connectivity index is 4.75. The van der Waals surface area contributed by atoms with Gasteiger partial charge in [0, 0.05) is 12.7 Å². The van der Waals surface area contributed by atoms with Gasteiger partial charge >= 0.3 is 0 Å². The number of allylic oxidation sites excluding steroid dienone is 1. The molecule has 0 saturated heterocycles. The Morgan fingerprint density at radius 3 is 2.29 bits per heavy atom. The fraction of sp³-hybridized carbons (Fsp3) is 0.545. The second-order valence-electron chi connectivity index (χ2n) is 3.93. The van der Waals surface area contributed by atoms with Crippen LogP contribution in [0.4, 0.5) is 0 Å². The number of rotatable bonds is 4.